The van der Waals surface area contributed by atoms with Crippen LogP contribution in [0.15, 0.2) is 54.6 Å². The molecule has 1 aliphatic heterocycles. The highest BCUT2D eigenvalue weighted by Gasteiger charge is 2.50. The summed E-state index contributed by atoms with van der Waals surface area (Å²) in [6, 6.07) is 14.7. The fraction of sp³-hybridized carbons (Fsp3) is 0.444. The molecule has 0 amide bonds. The van der Waals surface area contributed by atoms with Gasteiger partial charge in [-0.25, -0.2) is 0 Å². The predicted octanol–water partition coefficient (Wildman–Crippen LogP) is 4.93. The number of ether oxygens (including phenoxy) is 1. The number of nitrogens with zero attached hydrogens (tertiary/aromatic N) is 8. The number of aromatic amines is 1. The lowest BCUT2D eigenvalue weighted by atomic mass is 9.86. The van der Waals surface area contributed by atoms with Crippen molar-refractivity contribution >= 4 is 24.8 Å². The third-order valence-electron chi connectivity index (χ3n) is 7.15. The summed E-state index contributed by atoms with van der Waals surface area (Å²) in [4.78, 5) is 4.31. The molecule has 0 bridgehead atoms. The number of tetrazole rings is 1. The van der Waals surface area contributed by atoms with Crippen molar-refractivity contribution in [2.24, 2.45) is 0 Å². The third-order valence-corrected chi connectivity index (χ3v) is 7.15. The van der Waals surface area contributed by atoms with Crippen LogP contribution in [0.2, 0.25) is 0 Å². The maximum absolute atomic E-state index is 13.4. The van der Waals surface area contributed by atoms with Crippen molar-refractivity contribution in [1.29, 1.82) is 0 Å². The Morgan fingerprint density at radius 1 is 1.07 bits per heavy atom. The summed E-state index contributed by atoms with van der Waals surface area (Å²) in [7, 11) is 3.96. The Morgan fingerprint density at radius 3 is 2.50 bits per heavy atom. The maximum Gasteiger partial charge on any atom is 0.416 e. The van der Waals surface area contributed by atoms with Gasteiger partial charge in [-0.3, -0.25) is 10.00 Å². The Morgan fingerprint density at radius 2 is 1.83 bits per heavy atom. The van der Waals surface area contributed by atoms with E-state index in [0.29, 0.717) is 30.9 Å². The molecule has 2 aromatic carbocycles. The number of hydrogen-bond donors (Lipinski definition) is 1. The molecule has 42 heavy (non-hydrogen) atoms. The zero-order valence-electron chi connectivity index (χ0n) is 23.5. The van der Waals surface area contributed by atoms with E-state index in [1.54, 1.807) is 17.7 Å². The van der Waals surface area contributed by atoms with Crippen LogP contribution >= 0.6 is 24.8 Å². The Balaban J connectivity index is 0.00000242. The Kier molecular flexibility index (Phi) is 11.1. The predicted molar refractivity (Wildman–Crippen MR) is 154 cm³/mol. The number of hydrogen-bond acceptors (Lipinski definition) is 8. The van der Waals surface area contributed by atoms with Gasteiger partial charge in [0.1, 0.15) is 5.69 Å². The summed E-state index contributed by atoms with van der Waals surface area (Å²) in [5, 5.41) is 23.8. The molecule has 2 unspecified atom stereocenters. The van der Waals surface area contributed by atoms with E-state index < -0.39 is 17.5 Å². The third kappa shape index (κ3) is 7.09. The standard InChI is InChI=1S/C27H32F3N9O.2ClH/c1-19-31-35-36-39(19)26(40-18-20-9-7-12-22(15-20)27(28,29)30)13-8-14-38(25(26)21-10-5-4-6-11-21)17-24-23(16-37(2)3)32-34-33-24;;/h4-7,9-12,15,25H,8,13-14,16-18H2,1-3H3,(H,32,33,34);2*1H. The van der Waals surface area contributed by atoms with Gasteiger partial charge >= 0.3 is 6.18 Å². The average Bonchev–Trinajstić information content (AvgIpc) is 3.56. The van der Waals surface area contributed by atoms with E-state index in [9.17, 15) is 13.2 Å². The van der Waals surface area contributed by atoms with Gasteiger partial charge in [-0.1, -0.05) is 47.7 Å². The smallest absolute Gasteiger partial charge is 0.347 e. The lowest BCUT2D eigenvalue weighted by Crippen LogP contribution is -2.54. The van der Waals surface area contributed by atoms with Crippen molar-refractivity contribution in [3.63, 3.8) is 0 Å². The van der Waals surface area contributed by atoms with Crippen LogP contribution in [0.1, 0.15) is 52.8 Å². The van der Waals surface area contributed by atoms with E-state index in [1.165, 1.54) is 6.07 Å². The number of benzene rings is 2. The van der Waals surface area contributed by atoms with Gasteiger partial charge in [-0.15, -0.1) is 35.0 Å². The molecule has 5 rings (SSSR count). The molecule has 228 valence electrons. The molecule has 0 aliphatic carbocycles. The monoisotopic (exact) mass is 627 g/mol. The minimum Gasteiger partial charge on any atom is -0.347 e. The number of H-pyrrole nitrogens is 1. The second-order valence-electron chi connectivity index (χ2n) is 10.3. The topological polar surface area (TPSA) is 101 Å². The van der Waals surface area contributed by atoms with Crippen molar-refractivity contribution in [2.75, 3.05) is 20.6 Å². The molecule has 15 heteroatoms. The minimum atomic E-state index is -4.45. The van der Waals surface area contributed by atoms with Crippen LogP contribution in [0.3, 0.4) is 0 Å². The van der Waals surface area contributed by atoms with E-state index in [-0.39, 0.29) is 37.5 Å². The fourth-order valence-electron chi connectivity index (χ4n) is 5.46. The molecule has 1 N–H and O–H groups in total. The first-order chi connectivity index (χ1) is 19.2. The first-order valence-corrected chi connectivity index (χ1v) is 13.1. The largest absolute Gasteiger partial charge is 0.416 e. The van der Waals surface area contributed by atoms with Crippen LogP contribution in [0, 0.1) is 6.92 Å². The average molecular weight is 629 g/mol. The van der Waals surface area contributed by atoms with E-state index in [1.807, 2.05) is 49.3 Å². The Bertz CT molecular complexity index is 1420. The van der Waals surface area contributed by atoms with Crippen LogP contribution in [0.5, 0.6) is 0 Å². The number of halogens is 5. The zero-order chi connectivity index (χ0) is 28.3. The molecule has 3 heterocycles. The lowest BCUT2D eigenvalue weighted by Gasteiger charge is -2.49. The number of aryl methyl sites for hydroxylation is 1. The van der Waals surface area contributed by atoms with Crippen molar-refractivity contribution in [1.82, 2.24) is 45.4 Å². The second-order valence-corrected chi connectivity index (χ2v) is 10.3. The van der Waals surface area contributed by atoms with Crippen LogP contribution in [0.25, 0.3) is 0 Å². The van der Waals surface area contributed by atoms with Crippen molar-refractivity contribution < 1.29 is 17.9 Å². The van der Waals surface area contributed by atoms with Gasteiger partial charge in [0, 0.05) is 19.5 Å². The molecule has 0 radical (unpaired) electrons. The second kappa shape index (κ2) is 13.9. The van der Waals surface area contributed by atoms with E-state index in [4.69, 9.17) is 4.74 Å². The van der Waals surface area contributed by atoms with Crippen LogP contribution < -0.4 is 0 Å². The summed E-state index contributed by atoms with van der Waals surface area (Å²) in [6.07, 6.45) is -3.15. The van der Waals surface area contributed by atoms with E-state index >= 15 is 0 Å². The van der Waals surface area contributed by atoms with Crippen molar-refractivity contribution in [3.8, 4) is 0 Å². The van der Waals surface area contributed by atoms with Crippen LogP contribution in [-0.2, 0) is 36.3 Å². The summed E-state index contributed by atoms with van der Waals surface area (Å²) in [6.45, 7) is 3.60. The maximum atomic E-state index is 13.4. The van der Waals surface area contributed by atoms with Crippen molar-refractivity contribution in [2.45, 2.75) is 57.4 Å². The summed E-state index contributed by atoms with van der Waals surface area (Å²) in [5.74, 6) is 0.543. The molecular formula is C27H34Cl2F3N9O. The molecule has 10 nitrogen and oxygen atoms in total. The van der Waals surface area contributed by atoms with Gasteiger partial charge in [0.25, 0.3) is 0 Å². The Hall–Kier alpha value is -3.10. The number of aromatic nitrogens is 7. The lowest BCUT2D eigenvalue weighted by molar-refractivity contribution is -0.203. The molecule has 0 spiro atoms. The summed E-state index contributed by atoms with van der Waals surface area (Å²) >= 11 is 0. The van der Waals surface area contributed by atoms with Crippen molar-refractivity contribution in [3.05, 3.63) is 88.5 Å². The molecular weight excluding hydrogens is 594 g/mol. The van der Waals surface area contributed by atoms with Crippen LogP contribution in [0.4, 0.5) is 13.2 Å². The highest BCUT2D eigenvalue weighted by atomic mass is 35.5. The molecule has 4 aromatic rings. The summed E-state index contributed by atoms with van der Waals surface area (Å²) < 4.78 is 48.7. The molecule has 2 atom stereocenters. The highest BCUT2D eigenvalue weighted by Crippen LogP contribution is 2.46. The van der Waals surface area contributed by atoms with Gasteiger partial charge in [0.2, 0.25) is 0 Å². The molecule has 1 saturated heterocycles. The molecule has 2 aromatic heterocycles. The van der Waals surface area contributed by atoms with Gasteiger partial charge in [0.15, 0.2) is 11.5 Å². The van der Waals surface area contributed by atoms with Gasteiger partial charge in [-0.05, 0) is 67.7 Å². The normalized spacial score (nSPS) is 19.4. The first kappa shape index (κ1) is 33.4. The number of rotatable bonds is 9. The van der Waals surface area contributed by atoms with E-state index in [2.05, 4.69) is 35.8 Å². The molecule has 1 aliphatic rings. The zero-order valence-corrected chi connectivity index (χ0v) is 25.1. The van der Waals surface area contributed by atoms with E-state index in [0.717, 1.165) is 42.0 Å². The SMILES string of the molecule is Cc1nnnn1C1(OCc2cccc(C(F)(F)F)c2)CCCN(Cc2nn[nH]c2CN(C)C)C1c1ccccc1.Cl.Cl. The van der Waals surface area contributed by atoms with Crippen LogP contribution in [-0.4, -0.2) is 66.1 Å². The number of likely N-dealkylation sites (tertiary alicyclic amines) is 1. The Labute approximate surface area is 254 Å². The summed E-state index contributed by atoms with van der Waals surface area (Å²) in [5.41, 5.74) is 1.29. The van der Waals surface area contributed by atoms with Gasteiger partial charge < -0.3 is 9.64 Å². The molecule has 0 saturated carbocycles. The number of piperidine rings is 1. The number of alkyl halides is 3. The van der Waals surface area contributed by atoms with Gasteiger partial charge in [-0.2, -0.15) is 17.9 Å². The first-order valence-electron chi connectivity index (χ1n) is 13.1. The minimum absolute atomic E-state index is 0. The van der Waals surface area contributed by atoms with Gasteiger partial charge in [0.05, 0.1) is 23.9 Å². The number of nitrogens with one attached hydrogen (secondary N) is 1. The highest BCUT2D eigenvalue weighted by molar-refractivity contribution is 5.85. The fourth-order valence-corrected chi connectivity index (χ4v) is 5.46. The molecule has 1 fully saturated rings. The quantitative estimate of drug-likeness (QED) is 0.279.